The minimum atomic E-state index is -1.22. The molecule has 12 N–H and O–H groups in total. The van der Waals surface area contributed by atoms with Gasteiger partial charge in [-0.3, -0.25) is 34.1 Å². The van der Waals surface area contributed by atoms with E-state index in [0.717, 1.165) is 32.8 Å². The molecule has 4 aromatic carbocycles. The van der Waals surface area contributed by atoms with E-state index in [0.29, 0.717) is 24.9 Å². The Morgan fingerprint density at radius 3 is 1.93 bits per heavy atom. The molecule has 316 valence electrons. The molecule has 15 nitrogen and oxygen atoms in total. The summed E-state index contributed by atoms with van der Waals surface area (Å²) in [6.45, 7) is 3.28. The zero-order valence-electron chi connectivity index (χ0n) is 33.9. The van der Waals surface area contributed by atoms with Crippen molar-refractivity contribution >= 4 is 57.1 Å². The van der Waals surface area contributed by atoms with Crippen molar-refractivity contribution in [2.24, 2.45) is 17.2 Å². The van der Waals surface area contributed by atoms with Crippen molar-refractivity contribution < 1.29 is 28.8 Å². The number of hydrogen-bond donors (Lipinski definition) is 9. The highest BCUT2D eigenvalue weighted by Gasteiger charge is 2.32. The van der Waals surface area contributed by atoms with Gasteiger partial charge in [0.2, 0.25) is 35.4 Å². The summed E-state index contributed by atoms with van der Waals surface area (Å²) in [5.41, 5.74) is 20.8. The van der Waals surface area contributed by atoms with Gasteiger partial charge in [0.15, 0.2) is 0 Å². The van der Waals surface area contributed by atoms with E-state index in [4.69, 9.17) is 17.2 Å². The molecule has 6 amide bonds. The number of hydrogen-bond acceptors (Lipinski definition) is 9. The third-order valence-corrected chi connectivity index (χ3v) is 10.2. The van der Waals surface area contributed by atoms with Crippen LogP contribution in [0.15, 0.2) is 103 Å². The highest BCUT2D eigenvalue weighted by Crippen LogP contribution is 2.20. The van der Waals surface area contributed by atoms with Gasteiger partial charge in [0, 0.05) is 29.9 Å². The number of para-hydroxylation sites is 1. The Labute approximate surface area is 349 Å². The number of imide groups is 1. The number of benzene rings is 4. The molecule has 1 heterocycles. The van der Waals surface area contributed by atoms with Gasteiger partial charge in [-0.2, -0.15) is 0 Å². The molecule has 60 heavy (non-hydrogen) atoms. The van der Waals surface area contributed by atoms with Crippen LogP contribution in [-0.4, -0.2) is 83.2 Å². The average molecular weight is 818 g/mol. The lowest BCUT2D eigenvalue weighted by Gasteiger charge is -2.26. The van der Waals surface area contributed by atoms with Crippen molar-refractivity contribution in [2.75, 3.05) is 6.54 Å². The van der Waals surface area contributed by atoms with Gasteiger partial charge in [0.25, 0.3) is 0 Å². The van der Waals surface area contributed by atoms with Gasteiger partial charge in [-0.15, -0.1) is 0 Å². The number of amides is 6. The number of carbonyl (C=O) groups is 6. The first-order valence-corrected chi connectivity index (χ1v) is 20.2. The minimum absolute atomic E-state index is 0.0207. The largest absolute Gasteiger partial charge is 0.361 e. The second kappa shape index (κ2) is 21.5. The van der Waals surface area contributed by atoms with Crippen LogP contribution in [0, 0.1) is 0 Å². The molecule has 1 aromatic heterocycles. The standard InChI is InChI=1S/C45H55N9O6/c1-27(47)40(55)54-43(58)37(18-10-11-21-46)51-44(59)38(24-29-12-4-3-5-13-29)53-45(60)39(25-33-26-49-36-17-9-8-16-34(33)36)52-41(56)28(2)50-42(57)35(48)23-30-19-20-31-14-6-7-15-32(31)22-30/h3-9,12-17,19-20,22,26-28,35,37-39,49H,10-11,18,21,23-25,46-48H2,1-2H3,(H,50,57)(H,51,59)(H,52,56)(H,53,60)(H,54,55,58)/t27-,28+,35-,37+,38-,39+/m0/s1. The third kappa shape index (κ3) is 12.5. The molecule has 6 atom stereocenters. The summed E-state index contributed by atoms with van der Waals surface area (Å²) in [5.74, 6) is -4.03. The van der Waals surface area contributed by atoms with E-state index in [-0.39, 0.29) is 25.7 Å². The van der Waals surface area contributed by atoms with Crippen LogP contribution >= 0.6 is 0 Å². The van der Waals surface area contributed by atoms with Crippen molar-refractivity contribution in [3.8, 4) is 0 Å². The lowest BCUT2D eigenvalue weighted by atomic mass is 10.0. The summed E-state index contributed by atoms with van der Waals surface area (Å²) in [7, 11) is 0. The van der Waals surface area contributed by atoms with E-state index in [1.54, 1.807) is 30.5 Å². The first-order valence-electron chi connectivity index (χ1n) is 20.2. The number of rotatable bonds is 20. The number of nitrogens with one attached hydrogen (secondary N) is 6. The van der Waals surface area contributed by atoms with Crippen LogP contribution < -0.4 is 43.8 Å². The lowest BCUT2D eigenvalue weighted by molar-refractivity contribution is -0.136. The topological polar surface area (TPSA) is 256 Å². The van der Waals surface area contributed by atoms with Gasteiger partial charge in [-0.1, -0.05) is 91.0 Å². The van der Waals surface area contributed by atoms with Crippen LogP contribution in [0.5, 0.6) is 0 Å². The lowest BCUT2D eigenvalue weighted by Crippen LogP contribution is -2.59. The van der Waals surface area contributed by atoms with E-state index in [2.05, 4.69) is 31.6 Å². The molecule has 0 aliphatic heterocycles. The fraction of sp³-hybridized carbons (Fsp3) is 0.333. The van der Waals surface area contributed by atoms with Crippen molar-refractivity contribution in [3.05, 3.63) is 120 Å². The predicted molar refractivity (Wildman–Crippen MR) is 231 cm³/mol. The molecule has 0 aliphatic carbocycles. The smallest absolute Gasteiger partial charge is 0.249 e. The van der Waals surface area contributed by atoms with Gasteiger partial charge in [0.05, 0.1) is 12.1 Å². The Bertz CT molecular complexity index is 2280. The van der Waals surface area contributed by atoms with E-state index in [9.17, 15) is 28.8 Å². The zero-order valence-corrected chi connectivity index (χ0v) is 33.9. The van der Waals surface area contributed by atoms with E-state index in [1.165, 1.54) is 13.8 Å². The number of aromatic nitrogens is 1. The number of aromatic amines is 1. The van der Waals surface area contributed by atoms with E-state index >= 15 is 0 Å². The number of nitrogens with two attached hydrogens (primary N) is 3. The molecule has 0 spiro atoms. The third-order valence-electron chi connectivity index (χ3n) is 10.2. The second-order valence-corrected chi connectivity index (χ2v) is 15.1. The summed E-state index contributed by atoms with van der Waals surface area (Å²) < 4.78 is 0. The highest BCUT2D eigenvalue weighted by atomic mass is 16.2. The van der Waals surface area contributed by atoms with Crippen LogP contribution in [0.4, 0.5) is 0 Å². The molecule has 0 saturated heterocycles. The molecule has 0 saturated carbocycles. The molecule has 0 bridgehead atoms. The minimum Gasteiger partial charge on any atom is -0.361 e. The molecule has 5 aromatic rings. The fourth-order valence-corrected chi connectivity index (χ4v) is 6.81. The monoisotopic (exact) mass is 817 g/mol. The molecule has 0 fully saturated rings. The Hall–Kier alpha value is -6.42. The van der Waals surface area contributed by atoms with Gasteiger partial charge < -0.3 is 43.5 Å². The number of carbonyl (C=O) groups excluding carboxylic acids is 6. The number of H-pyrrole nitrogens is 1. The maximum absolute atomic E-state index is 14.4. The van der Waals surface area contributed by atoms with Crippen molar-refractivity contribution in [2.45, 2.75) is 88.6 Å². The summed E-state index contributed by atoms with van der Waals surface area (Å²) >= 11 is 0. The Kier molecular flexibility index (Phi) is 16.0. The molecule has 0 radical (unpaired) electrons. The summed E-state index contributed by atoms with van der Waals surface area (Å²) in [6.07, 6.45) is 3.24. The van der Waals surface area contributed by atoms with E-state index < -0.39 is 71.7 Å². The quantitative estimate of drug-likeness (QED) is 0.0518. The molecule has 15 heteroatoms. The first-order chi connectivity index (χ1) is 28.8. The Morgan fingerprint density at radius 1 is 0.583 bits per heavy atom. The summed E-state index contributed by atoms with van der Waals surface area (Å²) in [4.78, 5) is 84.2. The van der Waals surface area contributed by atoms with E-state index in [1.807, 2.05) is 72.8 Å². The Morgan fingerprint density at radius 2 is 1.22 bits per heavy atom. The zero-order chi connectivity index (χ0) is 43.2. The van der Waals surface area contributed by atoms with Gasteiger partial charge in [0.1, 0.15) is 24.2 Å². The van der Waals surface area contributed by atoms with Crippen LogP contribution in [0.1, 0.15) is 49.8 Å². The van der Waals surface area contributed by atoms with Gasteiger partial charge in [-0.25, -0.2) is 0 Å². The van der Waals surface area contributed by atoms with Crippen LogP contribution in [0.25, 0.3) is 21.7 Å². The average Bonchev–Trinajstić information content (AvgIpc) is 3.65. The number of fused-ring (bicyclic) bond motifs is 2. The SMILES string of the molecule is C[C@H](N)C(=O)NC(=O)[C@@H](CCCCN)NC(=O)[C@H](Cc1ccccc1)NC(=O)[C@@H](Cc1c[nH]c2ccccc12)NC(=O)[C@@H](C)NC(=O)[C@@H](N)Cc1ccc2ccccc2c1. The molecule has 5 rings (SSSR count). The summed E-state index contributed by atoms with van der Waals surface area (Å²) in [6, 6.07) is 23.6. The van der Waals surface area contributed by atoms with Crippen molar-refractivity contribution in [3.63, 3.8) is 0 Å². The molecule has 0 aliphatic rings. The molecule has 0 unspecified atom stereocenters. The second-order valence-electron chi connectivity index (χ2n) is 15.1. The van der Waals surface area contributed by atoms with Crippen LogP contribution in [0.3, 0.4) is 0 Å². The maximum atomic E-state index is 14.4. The van der Waals surface area contributed by atoms with Crippen LogP contribution in [-0.2, 0) is 48.0 Å². The normalized spacial score (nSPS) is 14.2. The highest BCUT2D eigenvalue weighted by molar-refractivity contribution is 6.02. The van der Waals surface area contributed by atoms with Crippen molar-refractivity contribution in [1.82, 2.24) is 31.6 Å². The van der Waals surface area contributed by atoms with Gasteiger partial charge in [-0.05, 0) is 79.6 Å². The first kappa shape index (κ1) is 44.7. The van der Waals surface area contributed by atoms with Crippen LogP contribution in [0.2, 0.25) is 0 Å². The number of unbranched alkanes of at least 4 members (excludes halogenated alkanes) is 1. The summed E-state index contributed by atoms with van der Waals surface area (Å²) in [5, 5.41) is 16.2. The maximum Gasteiger partial charge on any atom is 0.249 e. The molecular formula is C45H55N9O6. The predicted octanol–water partition coefficient (Wildman–Crippen LogP) is 1.75. The van der Waals surface area contributed by atoms with Gasteiger partial charge >= 0.3 is 0 Å². The van der Waals surface area contributed by atoms with Crippen molar-refractivity contribution in [1.29, 1.82) is 0 Å². The molecular weight excluding hydrogens is 763 g/mol. The Balaban J connectivity index is 1.34. The fourth-order valence-electron chi connectivity index (χ4n) is 6.81.